The molecule has 0 fully saturated rings. The zero-order valence-electron chi connectivity index (χ0n) is 6.70. The molecule has 0 spiro atoms. The largest absolute Gasteiger partial charge is 0.365 e. The third-order valence-electron chi connectivity index (χ3n) is 1.78. The first-order valence-electron chi connectivity index (χ1n) is 3.96. The number of rotatable bonds is 2. The van der Waals surface area contributed by atoms with Crippen LogP contribution in [0.5, 0.6) is 0 Å². The third kappa shape index (κ3) is 1.53. The van der Waals surface area contributed by atoms with Crippen LogP contribution in [0.3, 0.4) is 0 Å². The van der Waals surface area contributed by atoms with Crippen molar-refractivity contribution in [2.45, 2.75) is 6.42 Å². The molecule has 0 aliphatic rings. The summed E-state index contributed by atoms with van der Waals surface area (Å²) >= 11 is 0. The zero-order chi connectivity index (χ0) is 8.23. The maximum absolute atomic E-state index is 4.05. The van der Waals surface area contributed by atoms with Crippen LogP contribution in [0.25, 0.3) is 0 Å². The van der Waals surface area contributed by atoms with Crippen LogP contribution in [0.2, 0.25) is 0 Å². The summed E-state index contributed by atoms with van der Waals surface area (Å²) in [6.45, 7) is 0. The van der Waals surface area contributed by atoms with Gasteiger partial charge in [0.05, 0.1) is 0 Å². The fourth-order valence-electron chi connectivity index (χ4n) is 1.20. The van der Waals surface area contributed by atoms with Crippen molar-refractivity contribution < 1.29 is 0 Å². The summed E-state index contributed by atoms with van der Waals surface area (Å²) in [5.41, 5.74) is 2.46. The van der Waals surface area contributed by atoms with Gasteiger partial charge in [-0.25, -0.2) is 0 Å². The van der Waals surface area contributed by atoms with Crippen LogP contribution >= 0.6 is 0 Å². The molecule has 2 heterocycles. The van der Waals surface area contributed by atoms with E-state index >= 15 is 0 Å². The van der Waals surface area contributed by atoms with E-state index in [4.69, 9.17) is 0 Å². The lowest BCUT2D eigenvalue weighted by atomic mass is 10.2. The van der Waals surface area contributed by atoms with Crippen LogP contribution < -0.4 is 0 Å². The standard InChI is InChI=1S/C10H10N2/c1-3-9(8-11-5-1)7-10-4-2-6-12-10/h1-6,8,12H,7H2. The maximum Gasteiger partial charge on any atom is 0.0303 e. The van der Waals surface area contributed by atoms with E-state index in [-0.39, 0.29) is 0 Å². The van der Waals surface area contributed by atoms with Gasteiger partial charge in [0.25, 0.3) is 0 Å². The average molecular weight is 158 g/mol. The highest BCUT2D eigenvalue weighted by Gasteiger charge is 1.94. The first-order chi connectivity index (χ1) is 5.95. The molecule has 2 aromatic heterocycles. The number of nitrogens with zero attached hydrogens (tertiary/aromatic N) is 1. The van der Waals surface area contributed by atoms with E-state index in [1.54, 1.807) is 6.20 Å². The number of pyridine rings is 1. The Hall–Kier alpha value is -1.57. The van der Waals surface area contributed by atoms with Crippen molar-refractivity contribution >= 4 is 0 Å². The van der Waals surface area contributed by atoms with E-state index in [1.807, 2.05) is 24.5 Å². The van der Waals surface area contributed by atoms with Crippen LogP contribution in [0.4, 0.5) is 0 Å². The molecule has 0 atom stereocenters. The second-order valence-corrected chi connectivity index (χ2v) is 2.73. The maximum atomic E-state index is 4.05. The van der Waals surface area contributed by atoms with Crippen molar-refractivity contribution in [3.05, 3.63) is 54.1 Å². The Balaban J connectivity index is 2.15. The van der Waals surface area contributed by atoms with Gasteiger partial charge in [0, 0.05) is 30.7 Å². The molecule has 1 N–H and O–H groups in total. The molecule has 2 heteroatoms. The number of nitrogens with one attached hydrogen (secondary N) is 1. The molecule has 0 aliphatic heterocycles. The normalized spacial score (nSPS) is 10.0. The topological polar surface area (TPSA) is 28.7 Å². The predicted octanol–water partition coefficient (Wildman–Crippen LogP) is 2.00. The number of aromatic nitrogens is 2. The molecule has 0 aromatic carbocycles. The molecule has 2 rings (SSSR count). The van der Waals surface area contributed by atoms with Crippen LogP contribution in [0.15, 0.2) is 42.9 Å². The number of aromatic amines is 1. The minimum Gasteiger partial charge on any atom is -0.365 e. The number of hydrogen-bond donors (Lipinski definition) is 1. The van der Waals surface area contributed by atoms with E-state index in [1.165, 1.54) is 11.3 Å². The zero-order valence-corrected chi connectivity index (χ0v) is 6.70. The van der Waals surface area contributed by atoms with Crippen molar-refractivity contribution in [2.24, 2.45) is 0 Å². The molecule has 0 radical (unpaired) electrons. The summed E-state index contributed by atoms with van der Waals surface area (Å²) < 4.78 is 0. The smallest absolute Gasteiger partial charge is 0.0303 e. The van der Waals surface area contributed by atoms with Gasteiger partial charge in [0.15, 0.2) is 0 Å². The summed E-state index contributed by atoms with van der Waals surface area (Å²) in [5.74, 6) is 0. The van der Waals surface area contributed by atoms with Crippen molar-refractivity contribution in [1.29, 1.82) is 0 Å². The van der Waals surface area contributed by atoms with Crippen molar-refractivity contribution in [3.8, 4) is 0 Å². The van der Waals surface area contributed by atoms with Crippen molar-refractivity contribution in [1.82, 2.24) is 9.97 Å². The molecule has 0 saturated heterocycles. The number of hydrogen-bond acceptors (Lipinski definition) is 1. The lowest BCUT2D eigenvalue weighted by Gasteiger charge is -1.96. The fraction of sp³-hybridized carbons (Fsp3) is 0.100. The second kappa shape index (κ2) is 3.22. The Morgan fingerprint density at radius 3 is 2.92 bits per heavy atom. The first kappa shape index (κ1) is 7.10. The van der Waals surface area contributed by atoms with Gasteiger partial charge >= 0.3 is 0 Å². The van der Waals surface area contributed by atoms with Gasteiger partial charge < -0.3 is 4.98 Å². The highest BCUT2D eigenvalue weighted by atomic mass is 14.7. The highest BCUT2D eigenvalue weighted by Crippen LogP contribution is 2.04. The molecular weight excluding hydrogens is 148 g/mol. The van der Waals surface area contributed by atoms with E-state index in [9.17, 15) is 0 Å². The summed E-state index contributed by atoms with van der Waals surface area (Å²) in [7, 11) is 0. The molecule has 2 nitrogen and oxygen atoms in total. The summed E-state index contributed by atoms with van der Waals surface area (Å²) in [5, 5.41) is 0. The third-order valence-corrected chi connectivity index (χ3v) is 1.78. The first-order valence-corrected chi connectivity index (χ1v) is 3.96. The summed E-state index contributed by atoms with van der Waals surface area (Å²) in [4.78, 5) is 7.21. The minimum absolute atomic E-state index is 0.931. The molecule has 12 heavy (non-hydrogen) atoms. The van der Waals surface area contributed by atoms with E-state index in [2.05, 4.69) is 22.1 Å². The Morgan fingerprint density at radius 2 is 2.25 bits per heavy atom. The highest BCUT2D eigenvalue weighted by molar-refractivity contribution is 5.18. The molecular formula is C10H10N2. The molecule has 0 amide bonds. The van der Waals surface area contributed by atoms with Crippen LogP contribution in [0.1, 0.15) is 11.3 Å². The lowest BCUT2D eigenvalue weighted by Crippen LogP contribution is -1.87. The van der Waals surface area contributed by atoms with Crippen LogP contribution in [0, 0.1) is 0 Å². The quantitative estimate of drug-likeness (QED) is 0.711. The van der Waals surface area contributed by atoms with Gasteiger partial charge in [-0.2, -0.15) is 0 Å². The van der Waals surface area contributed by atoms with Crippen LogP contribution in [-0.2, 0) is 6.42 Å². The fourth-order valence-corrected chi connectivity index (χ4v) is 1.20. The summed E-state index contributed by atoms with van der Waals surface area (Å²) in [6, 6.07) is 8.12. The van der Waals surface area contributed by atoms with Gasteiger partial charge in [-0.05, 0) is 23.8 Å². The Morgan fingerprint density at radius 1 is 1.25 bits per heavy atom. The Kier molecular flexibility index (Phi) is 1.90. The monoisotopic (exact) mass is 158 g/mol. The summed E-state index contributed by atoms with van der Waals surface area (Å²) in [6.07, 6.45) is 6.55. The minimum atomic E-state index is 0.931. The van der Waals surface area contributed by atoms with Crippen molar-refractivity contribution in [3.63, 3.8) is 0 Å². The Bertz CT molecular complexity index is 324. The van der Waals surface area contributed by atoms with Gasteiger partial charge in [-0.15, -0.1) is 0 Å². The molecule has 0 unspecified atom stereocenters. The van der Waals surface area contributed by atoms with Gasteiger partial charge in [0.1, 0.15) is 0 Å². The predicted molar refractivity (Wildman–Crippen MR) is 47.8 cm³/mol. The van der Waals surface area contributed by atoms with Crippen LogP contribution in [-0.4, -0.2) is 9.97 Å². The van der Waals surface area contributed by atoms with Gasteiger partial charge in [0.2, 0.25) is 0 Å². The molecule has 0 aliphatic carbocycles. The lowest BCUT2D eigenvalue weighted by molar-refractivity contribution is 1.08. The van der Waals surface area contributed by atoms with Gasteiger partial charge in [-0.1, -0.05) is 6.07 Å². The SMILES string of the molecule is c1cncc(Cc2ccc[nH]2)c1. The Labute approximate surface area is 71.3 Å². The van der Waals surface area contributed by atoms with Crippen molar-refractivity contribution in [2.75, 3.05) is 0 Å². The molecule has 2 aromatic rings. The van der Waals surface area contributed by atoms with Gasteiger partial charge in [-0.3, -0.25) is 4.98 Å². The van der Waals surface area contributed by atoms with E-state index < -0.39 is 0 Å². The molecule has 0 bridgehead atoms. The second-order valence-electron chi connectivity index (χ2n) is 2.73. The molecule has 60 valence electrons. The van der Waals surface area contributed by atoms with E-state index in [0.717, 1.165) is 6.42 Å². The molecule has 0 saturated carbocycles. The average Bonchev–Trinajstić information content (AvgIpc) is 2.59. The van der Waals surface area contributed by atoms with E-state index in [0.29, 0.717) is 0 Å². The number of H-pyrrole nitrogens is 1.